The van der Waals surface area contributed by atoms with Crippen LogP contribution in [0.4, 0.5) is 0 Å². The van der Waals surface area contributed by atoms with E-state index in [0.717, 1.165) is 37.0 Å². The van der Waals surface area contributed by atoms with Gasteiger partial charge < -0.3 is 14.9 Å². The molecule has 0 bridgehead atoms. The molecule has 1 amide bonds. The van der Waals surface area contributed by atoms with Crippen LogP contribution in [0.1, 0.15) is 142 Å². The minimum atomic E-state index is -4.94. The second kappa shape index (κ2) is 28.1. The minimum absolute atomic E-state index is 0.203. The van der Waals surface area contributed by atoms with Crippen molar-refractivity contribution >= 4 is 5.91 Å². The van der Waals surface area contributed by atoms with E-state index in [-0.39, 0.29) is 12.5 Å². The first-order chi connectivity index (χ1) is 18.0. The Balaban J connectivity index is 0. The maximum atomic E-state index is 11.9. The number of aliphatic hydroxyl groups excluding tert-OH is 1. The lowest BCUT2D eigenvalue weighted by atomic mass is 10.0. The second-order valence-corrected chi connectivity index (χ2v) is 12.1. The maximum absolute atomic E-state index is 11.9. The number of hydrogen-bond acceptors (Lipinski definition) is 6. The molecule has 0 aliphatic rings. The van der Waals surface area contributed by atoms with Crippen LogP contribution in [0.3, 0.4) is 0 Å². The minimum Gasteiger partial charge on any atom is -0.391 e. The first-order valence-electron chi connectivity index (χ1n) is 15.3. The Morgan fingerprint density at radius 3 is 1.32 bits per heavy atom. The van der Waals surface area contributed by atoms with Crippen LogP contribution in [0.5, 0.6) is 0 Å². The molecule has 230 valence electrons. The maximum Gasteiger partial charge on any atom is 0.219 e. The summed E-state index contributed by atoms with van der Waals surface area (Å²) in [6.45, 7) is 5.02. The molecular formula is C29H61ClN2O6. The van der Waals surface area contributed by atoms with E-state index in [1.807, 2.05) is 0 Å². The van der Waals surface area contributed by atoms with Gasteiger partial charge in [0.1, 0.15) is 6.54 Å². The van der Waals surface area contributed by atoms with Crippen LogP contribution in [0, 0.1) is 10.2 Å². The molecule has 0 aromatic heterocycles. The summed E-state index contributed by atoms with van der Waals surface area (Å²) in [5, 5.41) is 12.1. The van der Waals surface area contributed by atoms with Crippen molar-refractivity contribution in [2.75, 3.05) is 40.3 Å². The summed E-state index contributed by atoms with van der Waals surface area (Å²) in [7, 11) is -0.701. The summed E-state index contributed by atoms with van der Waals surface area (Å²) in [6, 6.07) is 0. The van der Waals surface area contributed by atoms with Crippen LogP contribution in [-0.4, -0.2) is 55.8 Å². The number of unbranched alkanes of at least 4 members (excludes halogenated alkanes) is 18. The Kier molecular flexibility index (Phi) is 29.3. The van der Waals surface area contributed by atoms with Gasteiger partial charge in [0, 0.05) is 19.4 Å². The summed E-state index contributed by atoms with van der Waals surface area (Å²) >= 11 is 0. The van der Waals surface area contributed by atoms with Crippen LogP contribution in [0.2, 0.25) is 0 Å². The zero-order valence-corrected chi connectivity index (χ0v) is 25.7. The Labute approximate surface area is 236 Å². The molecule has 9 heteroatoms. The summed E-state index contributed by atoms with van der Waals surface area (Å²) in [6.07, 6.45) is 27.9. The fraction of sp³-hybridized carbons (Fsp3) is 0.966. The van der Waals surface area contributed by atoms with Crippen LogP contribution >= 0.6 is 0 Å². The fourth-order valence-corrected chi connectivity index (χ4v) is 4.57. The van der Waals surface area contributed by atoms with Gasteiger partial charge in [-0.15, -0.1) is 10.2 Å². The number of rotatable bonds is 26. The van der Waals surface area contributed by atoms with Crippen molar-refractivity contribution in [3.8, 4) is 0 Å². The molecule has 0 spiro atoms. The number of nitrogens with zero attached hydrogens (tertiary/aromatic N) is 1. The molecule has 0 saturated carbocycles. The van der Waals surface area contributed by atoms with Crippen LogP contribution < -0.4 is 24.0 Å². The molecule has 0 fully saturated rings. The Bertz CT molecular complexity index is 498. The van der Waals surface area contributed by atoms with Gasteiger partial charge in [-0.3, -0.25) is 4.79 Å². The lowest BCUT2D eigenvalue weighted by Crippen LogP contribution is -2.68. The molecule has 38 heavy (non-hydrogen) atoms. The highest BCUT2D eigenvalue weighted by Gasteiger charge is 2.13. The van der Waals surface area contributed by atoms with Crippen molar-refractivity contribution in [1.82, 2.24) is 5.32 Å². The highest BCUT2D eigenvalue weighted by molar-refractivity contribution is 5.75. The van der Waals surface area contributed by atoms with Gasteiger partial charge in [-0.2, -0.15) is 0 Å². The monoisotopic (exact) mass is 568 g/mol. The number of nitrogens with one attached hydrogen (secondary N) is 1. The molecule has 0 radical (unpaired) electrons. The van der Waals surface area contributed by atoms with Gasteiger partial charge in [0.15, 0.2) is 0 Å². The van der Waals surface area contributed by atoms with Gasteiger partial charge in [0.25, 0.3) is 0 Å². The third kappa shape index (κ3) is 40.0. The molecular weight excluding hydrogens is 508 g/mol. The Morgan fingerprint density at radius 1 is 0.632 bits per heavy atom. The van der Waals surface area contributed by atoms with Gasteiger partial charge in [-0.1, -0.05) is 122 Å². The summed E-state index contributed by atoms with van der Waals surface area (Å²) in [5.74, 6) is 0.203. The number of carbonyl (C=O) groups is 1. The van der Waals surface area contributed by atoms with Crippen molar-refractivity contribution in [3.05, 3.63) is 0 Å². The summed E-state index contributed by atoms with van der Waals surface area (Å²) in [5.41, 5.74) is 0. The van der Waals surface area contributed by atoms with Crippen LogP contribution in [0.25, 0.3) is 0 Å². The molecule has 0 unspecified atom stereocenters. The first kappa shape index (κ1) is 39.7. The second-order valence-electron chi connectivity index (χ2n) is 11.3. The average Bonchev–Trinajstić information content (AvgIpc) is 2.82. The third-order valence-electron chi connectivity index (χ3n) is 6.98. The number of likely N-dealkylation sites (N-methyl/N-ethyl adjacent to an activating group) is 1. The Morgan fingerprint density at radius 2 is 0.974 bits per heavy atom. The molecule has 8 nitrogen and oxygen atoms in total. The van der Waals surface area contributed by atoms with Gasteiger partial charge >= 0.3 is 0 Å². The van der Waals surface area contributed by atoms with Gasteiger partial charge in [0.05, 0.1) is 27.2 Å². The van der Waals surface area contributed by atoms with Crippen LogP contribution in [0.15, 0.2) is 0 Å². The highest BCUT2D eigenvalue weighted by Crippen LogP contribution is 2.14. The van der Waals surface area contributed by atoms with Gasteiger partial charge in [0.2, 0.25) is 5.91 Å². The smallest absolute Gasteiger partial charge is 0.219 e. The normalized spacial score (nSPS) is 11.8. The molecule has 0 aromatic rings. The lowest BCUT2D eigenvalue weighted by molar-refractivity contribution is -2.00. The number of halogens is 1. The average molecular weight is 569 g/mol. The van der Waals surface area contributed by atoms with Crippen LogP contribution in [-0.2, 0) is 4.79 Å². The van der Waals surface area contributed by atoms with Gasteiger partial charge in [-0.25, -0.2) is 18.6 Å². The molecule has 2 N–H and O–H groups in total. The van der Waals surface area contributed by atoms with Crippen molar-refractivity contribution in [1.29, 1.82) is 0 Å². The molecule has 0 saturated heterocycles. The molecule has 0 aliphatic carbocycles. The van der Waals surface area contributed by atoms with E-state index >= 15 is 0 Å². The molecule has 0 aliphatic heterocycles. The number of quaternary nitrogens is 1. The van der Waals surface area contributed by atoms with Crippen molar-refractivity contribution in [2.24, 2.45) is 0 Å². The largest absolute Gasteiger partial charge is 0.391 e. The first-order valence-corrected chi connectivity index (χ1v) is 16.6. The van der Waals surface area contributed by atoms with Crippen molar-refractivity contribution in [2.45, 2.75) is 142 Å². The van der Waals surface area contributed by atoms with E-state index in [2.05, 4.69) is 26.3 Å². The van der Waals surface area contributed by atoms with Gasteiger partial charge in [-0.05, 0) is 6.42 Å². The van der Waals surface area contributed by atoms with Crippen molar-refractivity contribution in [3.63, 3.8) is 0 Å². The molecule has 0 heterocycles. The Hall–Kier alpha value is -0.480. The predicted molar refractivity (Wildman–Crippen MR) is 145 cm³/mol. The predicted octanol–water partition coefficient (Wildman–Crippen LogP) is 2.63. The third-order valence-corrected chi connectivity index (χ3v) is 6.98. The molecule has 0 rings (SSSR count). The zero-order valence-electron chi connectivity index (χ0n) is 25.0. The van der Waals surface area contributed by atoms with Crippen molar-refractivity contribution < 1.29 is 43.3 Å². The van der Waals surface area contributed by atoms with E-state index in [9.17, 15) is 4.79 Å². The number of amides is 1. The highest BCUT2D eigenvalue weighted by atomic mass is 35.7. The molecule has 0 atom stereocenters. The molecule has 0 aromatic carbocycles. The quantitative estimate of drug-likeness (QED) is 0.121. The van der Waals surface area contributed by atoms with E-state index in [0.29, 0.717) is 6.42 Å². The summed E-state index contributed by atoms with van der Waals surface area (Å²) in [4.78, 5) is 11.9. The number of aliphatic hydroxyl groups is 1. The standard InChI is InChI=1S/C29H60N2O2.ClHO4/c1-4-5-6-7-8-9-10-11-12-13-14-15-16-17-18-19-20-21-22-24-29(33)30-25-23-26-31(2,3)27-28-32;2-1(3,4)5/h32H,4-28H2,1-3H3;(H,2,3,4,5). The fourth-order valence-electron chi connectivity index (χ4n) is 4.57. The number of hydrogen-bond donors (Lipinski definition) is 2. The zero-order chi connectivity index (χ0) is 29.0. The SMILES string of the molecule is CCCCCCCCCCCCCCCCCCCCCC(=O)NCCC[N+](C)(C)CCO.[O-][Cl+3]([O-])([O-])[O-]. The van der Waals surface area contributed by atoms with E-state index in [4.69, 9.17) is 23.7 Å². The van der Waals surface area contributed by atoms with E-state index in [1.54, 1.807) is 0 Å². The summed E-state index contributed by atoms with van der Waals surface area (Å²) < 4.78 is 34.8. The lowest BCUT2D eigenvalue weighted by Gasteiger charge is -2.28. The topological polar surface area (TPSA) is 142 Å². The number of carbonyl (C=O) groups excluding carboxylic acids is 1. The van der Waals surface area contributed by atoms with E-state index < -0.39 is 10.2 Å². The van der Waals surface area contributed by atoms with E-state index in [1.165, 1.54) is 116 Å².